The van der Waals surface area contributed by atoms with Crippen molar-refractivity contribution in [1.82, 2.24) is 0 Å². The fraction of sp³-hybridized carbons (Fsp3) is 0.538. The molecular formula is C13H19NO2. The summed E-state index contributed by atoms with van der Waals surface area (Å²) >= 11 is 0. The summed E-state index contributed by atoms with van der Waals surface area (Å²) < 4.78 is 10.9. The molecule has 1 aliphatic rings. The number of rotatable bonds is 5. The Morgan fingerprint density at radius 3 is 2.81 bits per heavy atom. The molecule has 16 heavy (non-hydrogen) atoms. The Balaban J connectivity index is 1.80. The summed E-state index contributed by atoms with van der Waals surface area (Å²) in [5, 5.41) is 3.38. The molecule has 0 saturated carbocycles. The first-order chi connectivity index (χ1) is 7.88. The van der Waals surface area contributed by atoms with E-state index in [2.05, 4.69) is 5.32 Å². The van der Waals surface area contributed by atoms with Gasteiger partial charge in [0.25, 0.3) is 0 Å². The van der Waals surface area contributed by atoms with E-state index in [9.17, 15) is 0 Å². The van der Waals surface area contributed by atoms with Crippen LogP contribution < -0.4 is 10.1 Å². The van der Waals surface area contributed by atoms with Gasteiger partial charge in [-0.05, 0) is 44.0 Å². The van der Waals surface area contributed by atoms with E-state index in [4.69, 9.17) is 9.47 Å². The third-order valence-electron chi connectivity index (χ3n) is 2.72. The fourth-order valence-corrected chi connectivity index (χ4v) is 1.87. The molecule has 0 aromatic heterocycles. The molecule has 88 valence electrons. The maximum absolute atomic E-state index is 5.55. The minimum atomic E-state index is 0.381. The van der Waals surface area contributed by atoms with E-state index in [0.717, 1.165) is 24.6 Å². The van der Waals surface area contributed by atoms with E-state index in [-0.39, 0.29) is 0 Å². The molecule has 3 heteroatoms. The zero-order chi connectivity index (χ0) is 11.2. The van der Waals surface area contributed by atoms with Crippen molar-refractivity contribution in [3.63, 3.8) is 0 Å². The molecule has 1 N–H and O–H groups in total. The molecular weight excluding hydrogens is 202 g/mol. The lowest BCUT2D eigenvalue weighted by Crippen LogP contribution is -2.18. The molecule has 0 spiro atoms. The summed E-state index contributed by atoms with van der Waals surface area (Å²) in [5.74, 6) is 0.921. The Morgan fingerprint density at radius 1 is 1.38 bits per heavy atom. The van der Waals surface area contributed by atoms with Crippen LogP contribution in [0, 0.1) is 0 Å². The lowest BCUT2D eigenvalue weighted by molar-refractivity contribution is 0.120. The largest absolute Gasteiger partial charge is 0.494 e. The van der Waals surface area contributed by atoms with Gasteiger partial charge in [0.1, 0.15) is 5.75 Å². The number of ether oxygens (including phenoxy) is 2. The summed E-state index contributed by atoms with van der Waals surface area (Å²) in [6.45, 7) is 4.51. The Bertz CT molecular complexity index is 304. The van der Waals surface area contributed by atoms with Crippen molar-refractivity contribution in [2.45, 2.75) is 25.9 Å². The zero-order valence-corrected chi connectivity index (χ0v) is 9.74. The van der Waals surface area contributed by atoms with Crippen molar-refractivity contribution in [3.8, 4) is 5.75 Å². The van der Waals surface area contributed by atoms with Gasteiger partial charge in [0, 0.05) is 18.8 Å². The van der Waals surface area contributed by atoms with Crippen LogP contribution >= 0.6 is 0 Å². The van der Waals surface area contributed by atoms with Crippen LogP contribution in [-0.2, 0) is 4.74 Å². The summed E-state index contributed by atoms with van der Waals surface area (Å²) in [5.41, 5.74) is 1.12. The Hall–Kier alpha value is -1.22. The van der Waals surface area contributed by atoms with Crippen molar-refractivity contribution in [3.05, 3.63) is 24.3 Å². The molecule has 1 fully saturated rings. The average Bonchev–Trinajstić information content (AvgIpc) is 2.82. The van der Waals surface area contributed by atoms with Gasteiger partial charge in [-0.15, -0.1) is 0 Å². The predicted molar refractivity (Wildman–Crippen MR) is 65.1 cm³/mol. The van der Waals surface area contributed by atoms with E-state index >= 15 is 0 Å². The molecule has 1 unspecified atom stereocenters. The summed E-state index contributed by atoms with van der Waals surface area (Å²) in [6.07, 6.45) is 2.74. The van der Waals surface area contributed by atoms with Gasteiger partial charge in [0.15, 0.2) is 0 Å². The molecule has 0 aliphatic carbocycles. The summed E-state index contributed by atoms with van der Waals surface area (Å²) in [6, 6.07) is 8.06. The van der Waals surface area contributed by atoms with Crippen molar-refractivity contribution < 1.29 is 9.47 Å². The second-order valence-corrected chi connectivity index (χ2v) is 3.97. The van der Waals surface area contributed by atoms with Crippen LogP contribution in [-0.4, -0.2) is 25.9 Å². The van der Waals surface area contributed by atoms with Gasteiger partial charge in [0.2, 0.25) is 0 Å². The topological polar surface area (TPSA) is 30.5 Å². The number of hydrogen-bond donors (Lipinski definition) is 1. The maximum atomic E-state index is 5.55. The fourth-order valence-electron chi connectivity index (χ4n) is 1.87. The van der Waals surface area contributed by atoms with Gasteiger partial charge in [-0.3, -0.25) is 0 Å². The molecule has 2 rings (SSSR count). The zero-order valence-electron chi connectivity index (χ0n) is 9.74. The number of nitrogens with one attached hydrogen (secondary N) is 1. The normalized spacial score (nSPS) is 19.7. The Kier molecular flexibility index (Phi) is 4.05. The van der Waals surface area contributed by atoms with Crippen LogP contribution in [0.3, 0.4) is 0 Å². The monoisotopic (exact) mass is 221 g/mol. The standard InChI is InChI=1S/C13H19NO2/c1-2-15-12-7-5-11(6-8-12)14-10-13-4-3-9-16-13/h5-8,13-14H,2-4,9-10H2,1H3. The number of hydrogen-bond acceptors (Lipinski definition) is 3. The van der Waals surface area contributed by atoms with E-state index in [1.54, 1.807) is 0 Å². The molecule has 1 aromatic rings. The predicted octanol–water partition coefficient (Wildman–Crippen LogP) is 2.68. The second kappa shape index (κ2) is 5.75. The van der Waals surface area contributed by atoms with E-state index < -0.39 is 0 Å². The number of benzene rings is 1. The average molecular weight is 221 g/mol. The number of anilines is 1. The molecule has 0 radical (unpaired) electrons. The highest BCUT2D eigenvalue weighted by atomic mass is 16.5. The van der Waals surface area contributed by atoms with E-state index in [1.165, 1.54) is 12.8 Å². The van der Waals surface area contributed by atoms with Gasteiger partial charge in [-0.25, -0.2) is 0 Å². The molecule has 1 saturated heterocycles. The molecule has 3 nitrogen and oxygen atoms in total. The lowest BCUT2D eigenvalue weighted by atomic mass is 10.2. The van der Waals surface area contributed by atoms with Crippen molar-refractivity contribution >= 4 is 5.69 Å². The smallest absolute Gasteiger partial charge is 0.119 e. The van der Waals surface area contributed by atoms with Crippen molar-refractivity contribution in [1.29, 1.82) is 0 Å². The molecule has 0 amide bonds. The highest BCUT2D eigenvalue weighted by molar-refractivity contribution is 5.46. The Morgan fingerprint density at radius 2 is 2.19 bits per heavy atom. The van der Waals surface area contributed by atoms with E-state index in [0.29, 0.717) is 12.7 Å². The maximum Gasteiger partial charge on any atom is 0.119 e. The van der Waals surface area contributed by atoms with Crippen LogP contribution in [0.25, 0.3) is 0 Å². The van der Waals surface area contributed by atoms with Crippen LogP contribution in [0.1, 0.15) is 19.8 Å². The molecule has 1 aromatic carbocycles. The quantitative estimate of drug-likeness (QED) is 0.829. The first-order valence-electron chi connectivity index (χ1n) is 5.97. The van der Waals surface area contributed by atoms with Gasteiger partial charge in [-0.2, -0.15) is 0 Å². The highest BCUT2D eigenvalue weighted by Crippen LogP contribution is 2.17. The van der Waals surface area contributed by atoms with E-state index in [1.807, 2.05) is 31.2 Å². The van der Waals surface area contributed by atoms with Crippen LogP contribution in [0.4, 0.5) is 5.69 Å². The van der Waals surface area contributed by atoms with Crippen LogP contribution in [0.2, 0.25) is 0 Å². The molecule has 1 aliphatic heterocycles. The van der Waals surface area contributed by atoms with Gasteiger partial charge in [-0.1, -0.05) is 0 Å². The lowest BCUT2D eigenvalue weighted by Gasteiger charge is -2.12. The van der Waals surface area contributed by atoms with Gasteiger partial charge in [0.05, 0.1) is 12.7 Å². The van der Waals surface area contributed by atoms with Crippen LogP contribution in [0.15, 0.2) is 24.3 Å². The summed E-state index contributed by atoms with van der Waals surface area (Å²) in [4.78, 5) is 0. The Labute approximate surface area is 96.8 Å². The third-order valence-corrected chi connectivity index (χ3v) is 2.72. The van der Waals surface area contributed by atoms with Crippen LogP contribution in [0.5, 0.6) is 5.75 Å². The second-order valence-electron chi connectivity index (χ2n) is 3.97. The van der Waals surface area contributed by atoms with Gasteiger partial charge < -0.3 is 14.8 Å². The SMILES string of the molecule is CCOc1ccc(NCC2CCCO2)cc1. The first-order valence-corrected chi connectivity index (χ1v) is 5.97. The molecule has 1 heterocycles. The summed E-state index contributed by atoms with van der Waals surface area (Å²) in [7, 11) is 0. The van der Waals surface area contributed by atoms with Gasteiger partial charge >= 0.3 is 0 Å². The minimum absolute atomic E-state index is 0.381. The molecule has 0 bridgehead atoms. The first kappa shape index (κ1) is 11.3. The molecule has 1 atom stereocenters. The highest BCUT2D eigenvalue weighted by Gasteiger charge is 2.14. The minimum Gasteiger partial charge on any atom is -0.494 e. The van der Waals surface area contributed by atoms with Crippen molar-refractivity contribution in [2.24, 2.45) is 0 Å². The third kappa shape index (κ3) is 3.14. The van der Waals surface area contributed by atoms with Crippen molar-refractivity contribution in [2.75, 3.05) is 25.1 Å².